The van der Waals surface area contributed by atoms with Crippen LogP contribution in [0.2, 0.25) is 0 Å². The number of nitrogens with one attached hydrogen (secondary N) is 1. The van der Waals surface area contributed by atoms with Crippen molar-refractivity contribution in [2.24, 2.45) is 0 Å². The number of alkyl halides is 3. The maximum Gasteiger partial charge on any atom is 0.419 e. The molecule has 0 saturated carbocycles. The summed E-state index contributed by atoms with van der Waals surface area (Å²) >= 11 is 0. The van der Waals surface area contributed by atoms with E-state index in [0.29, 0.717) is 16.4 Å². The summed E-state index contributed by atoms with van der Waals surface area (Å²) in [4.78, 5) is 11.3. The minimum absolute atomic E-state index is 0.0581. The van der Waals surface area contributed by atoms with Crippen molar-refractivity contribution in [1.29, 1.82) is 0 Å². The van der Waals surface area contributed by atoms with E-state index in [1.807, 2.05) is 0 Å². The first kappa shape index (κ1) is 29.4. The maximum absolute atomic E-state index is 13.8. The zero-order valence-electron chi connectivity index (χ0n) is 20.5. The summed E-state index contributed by atoms with van der Waals surface area (Å²) in [6.45, 7) is 3.67. The Kier molecular flexibility index (Phi) is 7.92. The van der Waals surface area contributed by atoms with Gasteiger partial charge >= 0.3 is 12.3 Å². The second kappa shape index (κ2) is 10.2. The fraction of sp³-hybridized carbons (Fsp3) is 0.409. The molecule has 16 heteroatoms. The van der Waals surface area contributed by atoms with Gasteiger partial charge in [0.25, 0.3) is 20.1 Å². The van der Waals surface area contributed by atoms with E-state index in [-0.39, 0.29) is 23.2 Å². The van der Waals surface area contributed by atoms with Gasteiger partial charge in [-0.05, 0) is 57.2 Å². The molecule has 1 aliphatic heterocycles. The van der Waals surface area contributed by atoms with Crippen molar-refractivity contribution in [3.05, 3.63) is 47.8 Å². The van der Waals surface area contributed by atoms with Crippen LogP contribution in [-0.2, 0) is 35.2 Å². The highest BCUT2D eigenvalue weighted by Gasteiger charge is 2.39. The minimum atomic E-state index is -5.17. The predicted molar refractivity (Wildman–Crippen MR) is 127 cm³/mol. The SMILES string of the molecule is CC(C)(C)OC(=O)Nc1ccc2c(c1)N(S(=O)(=O)c1ccc(F)c(C(F)(F)F)c1)C[C@H](COS(C)(=O)=O)O2. The normalized spacial score (nSPS) is 16.4. The average molecular weight is 585 g/mol. The van der Waals surface area contributed by atoms with E-state index >= 15 is 0 Å². The Labute approximate surface area is 216 Å². The maximum atomic E-state index is 13.8. The van der Waals surface area contributed by atoms with Gasteiger partial charge in [-0.15, -0.1) is 0 Å². The van der Waals surface area contributed by atoms with Crippen LogP contribution in [0.25, 0.3) is 0 Å². The van der Waals surface area contributed by atoms with Crippen LogP contribution in [0.3, 0.4) is 0 Å². The van der Waals surface area contributed by atoms with Gasteiger partial charge in [-0.3, -0.25) is 13.8 Å². The Morgan fingerprint density at radius 3 is 2.34 bits per heavy atom. The number of halogens is 4. The third-order valence-electron chi connectivity index (χ3n) is 4.84. The first-order chi connectivity index (χ1) is 17.3. The van der Waals surface area contributed by atoms with Gasteiger partial charge in [-0.25, -0.2) is 17.6 Å². The predicted octanol–water partition coefficient (Wildman–Crippen LogP) is 4.12. The molecule has 0 radical (unpaired) electrons. The van der Waals surface area contributed by atoms with Crippen LogP contribution in [0.1, 0.15) is 26.3 Å². The van der Waals surface area contributed by atoms with Crippen LogP contribution in [-0.4, -0.2) is 54.0 Å². The molecule has 1 N–H and O–H groups in total. The molecule has 1 aliphatic rings. The van der Waals surface area contributed by atoms with Crippen molar-refractivity contribution in [2.75, 3.05) is 29.0 Å². The number of anilines is 2. The van der Waals surface area contributed by atoms with E-state index in [4.69, 9.17) is 13.7 Å². The zero-order chi connectivity index (χ0) is 28.7. The number of sulfonamides is 1. The molecule has 0 fully saturated rings. The van der Waals surface area contributed by atoms with Crippen molar-refractivity contribution in [3.63, 3.8) is 0 Å². The van der Waals surface area contributed by atoms with E-state index in [9.17, 15) is 39.2 Å². The van der Waals surface area contributed by atoms with Crippen LogP contribution >= 0.6 is 0 Å². The summed E-state index contributed by atoms with van der Waals surface area (Å²) in [6.07, 6.45) is -6.46. The van der Waals surface area contributed by atoms with Crippen LogP contribution < -0.4 is 14.4 Å². The van der Waals surface area contributed by atoms with Gasteiger partial charge in [0.15, 0.2) is 0 Å². The molecule has 0 spiro atoms. The molecule has 0 aliphatic carbocycles. The number of hydrogen-bond acceptors (Lipinski definition) is 8. The summed E-state index contributed by atoms with van der Waals surface area (Å²) < 4.78 is 120. The van der Waals surface area contributed by atoms with Gasteiger partial charge in [0.2, 0.25) is 0 Å². The largest absolute Gasteiger partial charge is 0.484 e. The molecular formula is C22H24F4N2O8S2. The molecule has 38 heavy (non-hydrogen) atoms. The first-order valence-corrected chi connectivity index (χ1v) is 14.1. The van der Waals surface area contributed by atoms with Crippen molar-refractivity contribution in [3.8, 4) is 5.75 Å². The van der Waals surface area contributed by atoms with Crippen molar-refractivity contribution in [1.82, 2.24) is 0 Å². The van der Waals surface area contributed by atoms with E-state index in [1.54, 1.807) is 20.8 Å². The molecule has 10 nitrogen and oxygen atoms in total. The smallest absolute Gasteiger partial charge is 0.419 e. The third kappa shape index (κ3) is 7.26. The lowest BCUT2D eigenvalue weighted by molar-refractivity contribution is -0.140. The second-order valence-electron chi connectivity index (χ2n) is 9.21. The molecule has 0 saturated heterocycles. The van der Waals surface area contributed by atoms with Crippen LogP contribution in [0.4, 0.5) is 33.7 Å². The fourth-order valence-corrected chi connectivity index (χ4v) is 5.26. The molecule has 2 aromatic rings. The van der Waals surface area contributed by atoms with E-state index in [2.05, 4.69) is 5.32 Å². The van der Waals surface area contributed by atoms with Gasteiger partial charge in [-0.1, -0.05) is 0 Å². The summed E-state index contributed by atoms with van der Waals surface area (Å²) in [5.74, 6) is -1.77. The first-order valence-electron chi connectivity index (χ1n) is 10.8. The van der Waals surface area contributed by atoms with Crippen LogP contribution in [0, 0.1) is 5.82 Å². The topological polar surface area (TPSA) is 128 Å². The van der Waals surface area contributed by atoms with E-state index in [1.165, 1.54) is 18.2 Å². The molecule has 0 unspecified atom stereocenters. The molecule has 1 amide bonds. The minimum Gasteiger partial charge on any atom is -0.484 e. The summed E-state index contributed by atoms with van der Waals surface area (Å²) in [6, 6.07) is 4.99. The van der Waals surface area contributed by atoms with Crippen molar-refractivity contribution < 1.29 is 52.8 Å². The van der Waals surface area contributed by atoms with Gasteiger partial charge < -0.3 is 9.47 Å². The highest BCUT2D eigenvalue weighted by Crippen LogP contribution is 2.40. The van der Waals surface area contributed by atoms with Gasteiger partial charge in [0.1, 0.15) is 29.9 Å². The molecule has 1 atom stereocenters. The Bertz CT molecular complexity index is 1440. The summed E-state index contributed by atoms with van der Waals surface area (Å²) in [5, 5.41) is 2.41. The molecule has 0 bridgehead atoms. The lowest BCUT2D eigenvalue weighted by Crippen LogP contribution is -2.45. The van der Waals surface area contributed by atoms with Crippen molar-refractivity contribution in [2.45, 2.75) is 43.5 Å². The van der Waals surface area contributed by atoms with Gasteiger partial charge in [0, 0.05) is 5.69 Å². The summed E-state index contributed by atoms with van der Waals surface area (Å²) in [7, 11) is -8.74. The summed E-state index contributed by atoms with van der Waals surface area (Å²) in [5.41, 5.74) is -2.76. The number of benzene rings is 2. The molecule has 2 aromatic carbocycles. The Balaban J connectivity index is 2.07. The Morgan fingerprint density at radius 2 is 1.76 bits per heavy atom. The quantitative estimate of drug-likeness (QED) is 0.397. The van der Waals surface area contributed by atoms with Gasteiger partial charge in [-0.2, -0.15) is 21.6 Å². The van der Waals surface area contributed by atoms with Crippen LogP contribution in [0.15, 0.2) is 41.3 Å². The molecule has 210 valence electrons. The zero-order valence-corrected chi connectivity index (χ0v) is 22.1. The fourth-order valence-electron chi connectivity index (χ4n) is 3.33. The lowest BCUT2D eigenvalue weighted by atomic mass is 10.2. The third-order valence-corrected chi connectivity index (χ3v) is 7.18. The Hall–Kier alpha value is -3.11. The number of carbonyl (C=O) groups excluding carboxylic acids is 1. The number of rotatable bonds is 6. The van der Waals surface area contributed by atoms with E-state index in [0.717, 1.165) is 6.26 Å². The van der Waals surface area contributed by atoms with E-state index < -0.39 is 73.5 Å². The number of carbonyl (C=O) groups is 1. The van der Waals surface area contributed by atoms with Crippen molar-refractivity contribution >= 4 is 37.6 Å². The highest BCUT2D eigenvalue weighted by molar-refractivity contribution is 7.92. The molecule has 1 heterocycles. The number of amides is 1. The second-order valence-corrected chi connectivity index (χ2v) is 12.7. The number of ether oxygens (including phenoxy) is 2. The number of hydrogen-bond donors (Lipinski definition) is 1. The molecular weight excluding hydrogens is 560 g/mol. The average Bonchev–Trinajstić information content (AvgIpc) is 2.74. The molecule has 3 rings (SSSR count). The lowest BCUT2D eigenvalue weighted by Gasteiger charge is -2.35. The number of fused-ring (bicyclic) bond motifs is 1. The van der Waals surface area contributed by atoms with Gasteiger partial charge in [0.05, 0.1) is 28.9 Å². The monoisotopic (exact) mass is 584 g/mol. The number of nitrogens with zero attached hydrogens (tertiary/aromatic N) is 1. The highest BCUT2D eigenvalue weighted by atomic mass is 32.2. The Morgan fingerprint density at radius 1 is 1.11 bits per heavy atom. The standard InChI is InChI=1S/C22H24F4N2O8S2/c1-21(2,3)36-20(29)27-13-5-8-19-18(9-13)28(11-14(35-19)12-34-37(4,30)31)38(32,33)15-6-7-17(23)16(10-15)22(24,25)26/h5-10,14H,11-12H2,1-4H3,(H,27,29)/t14-/m1/s1. The molecule has 0 aromatic heterocycles. The van der Waals surface area contributed by atoms with Crippen LogP contribution in [0.5, 0.6) is 5.75 Å².